The molecule has 1 aromatic carbocycles. The molecule has 0 aliphatic heterocycles. The lowest BCUT2D eigenvalue weighted by molar-refractivity contribution is 0.213. The third-order valence-electron chi connectivity index (χ3n) is 3.95. The van der Waals surface area contributed by atoms with Gasteiger partial charge in [0.15, 0.2) is 0 Å². The molecule has 0 spiro atoms. The van der Waals surface area contributed by atoms with Gasteiger partial charge in [-0.05, 0) is 60.9 Å². The van der Waals surface area contributed by atoms with Crippen LogP contribution in [-0.2, 0) is 13.1 Å². The maximum atomic E-state index is 9.12. The number of benzene rings is 1. The fourth-order valence-electron chi connectivity index (χ4n) is 2.44. The minimum absolute atomic E-state index is 0.257. The maximum Gasteiger partial charge on any atom is 0.0443 e. The third kappa shape index (κ3) is 4.67. The second kappa shape index (κ2) is 7.74. The molecule has 2 rings (SSSR count). The second-order valence-corrected chi connectivity index (χ2v) is 6.73. The highest BCUT2D eigenvalue weighted by Crippen LogP contribution is 2.20. The van der Waals surface area contributed by atoms with E-state index in [9.17, 15) is 0 Å². The number of hydrogen-bond donors (Lipinski definition) is 1. The molecular weight excluding hydrogens is 278 g/mol. The minimum atomic E-state index is 0.257. The van der Waals surface area contributed by atoms with Gasteiger partial charge < -0.3 is 5.11 Å². The molecule has 0 aliphatic rings. The summed E-state index contributed by atoms with van der Waals surface area (Å²) in [5.74, 6) is 0. The lowest BCUT2D eigenvalue weighted by Crippen LogP contribution is -2.24. The summed E-state index contributed by atoms with van der Waals surface area (Å²) in [4.78, 5) is 3.86. The Hall–Kier alpha value is -1.16. The monoisotopic (exact) mass is 303 g/mol. The Labute approximate surface area is 132 Å². The highest BCUT2D eigenvalue weighted by molar-refractivity contribution is 7.10. The van der Waals surface area contributed by atoms with Gasteiger partial charge >= 0.3 is 0 Å². The summed E-state index contributed by atoms with van der Waals surface area (Å²) in [6.07, 6.45) is 0.829. The van der Waals surface area contributed by atoms with E-state index in [0.717, 1.165) is 26.1 Å². The van der Waals surface area contributed by atoms with E-state index in [1.165, 1.54) is 27.1 Å². The average Bonchev–Trinajstić information content (AvgIpc) is 2.85. The standard InChI is InChI=1S/C18H25NOS/c1-14-5-6-17(11-16(14)3)12-19(8-4-9-20)13-18-15(2)7-10-21-18/h5-7,10-11,20H,4,8-9,12-13H2,1-3H3. The van der Waals surface area contributed by atoms with Crippen LogP contribution in [-0.4, -0.2) is 23.2 Å². The zero-order chi connectivity index (χ0) is 15.2. The molecule has 0 saturated heterocycles. The van der Waals surface area contributed by atoms with Crippen molar-refractivity contribution in [3.8, 4) is 0 Å². The number of nitrogens with zero attached hydrogens (tertiary/aromatic N) is 1. The first-order valence-corrected chi connectivity index (χ1v) is 8.40. The zero-order valence-electron chi connectivity index (χ0n) is 13.2. The maximum absolute atomic E-state index is 9.12. The Balaban J connectivity index is 2.08. The van der Waals surface area contributed by atoms with E-state index < -0.39 is 0 Å². The van der Waals surface area contributed by atoms with Crippen molar-refractivity contribution in [1.29, 1.82) is 0 Å². The molecule has 0 unspecified atom stereocenters. The molecule has 0 saturated carbocycles. The lowest BCUT2D eigenvalue weighted by atomic mass is 10.1. The predicted octanol–water partition coefficient (Wildman–Crippen LogP) is 4.06. The van der Waals surface area contributed by atoms with Gasteiger partial charge in [-0.2, -0.15) is 0 Å². The molecule has 0 bridgehead atoms. The van der Waals surface area contributed by atoms with Crippen LogP contribution in [0, 0.1) is 20.8 Å². The van der Waals surface area contributed by atoms with Crippen molar-refractivity contribution in [2.45, 2.75) is 40.3 Å². The van der Waals surface area contributed by atoms with Crippen molar-refractivity contribution in [2.24, 2.45) is 0 Å². The van der Waals surface area contributed by atoms with Crippen LogP contribution in [0.1, 0.15) is 33.6 Å². The van der Waals surface area contributed by atoms with Crippen LogP contribution in [0.2, 0.25) is 0 Å². The molecule has 114 valence electrons. The lowest BCUT2D eigenvalue weighted by Gasteiger charge is -2.22. The number of thiophene rings is 1. The third-order valence-corrected chi connectivity index (χ3v) is 4.95. The Kier molecular flexibility index (Phi) is 5.97. The van der Waals surface area contributed by atoms with Crippen LogP contribution in [0.5, 0.6) is 0 Å². The molecule has 0 radical (unpaired) electrons. The largest absolute Gasteiger partial charge is 0.396 e. The first-order chi connectivity index (χ1) is 10.1. The summed E-state index contributed by atoms with van der Waals surface area (Å²) in [5, 5.41) is 11.3. The average molecular weight is 303 g/mol. The van der Waals surface area contributed by atoms with Crippen molar-refractivity contribution in [1.82, 2.24) is 4.90 Å². The van der Waals surface area contributed by atoms with E-state index in [-0.39, 0.29) is 6.61 Å². The topological polar surface area (TPSA) is 23.5 Å². The van der Waals surface area contributed by atoms with Gasteiger partial charge in [0.05, 0.1) is 0 Å². The van der Waals surface area contributed by atoms with Crippen molar-refractivity contribution < 1.29 is 5.11 Å². The van der Waals surface area contributed by atoms with Crippen molar-refractivity contribution in [3.05, 3.63) is 56.8 Å². The first-order valence-electron chi connectivity index (χ1n) is 7.52. The molecule has 2 aromatic rings. The highest BCUT2D eigenvalue weighted by atomic mass is 32.1. The van der Waals surface area contributed by atoms with Crippen LogP contribution >= 0.6 is 11.3 Å². The van der Waals surface area contributed by atoms with Crippen molar-refractivity contribution >= 4 is 11.3 Å². The van der Waals surface area contributed by atoms with Gasteiger partial charge in [-0.1, -0.05) is 18.2 Å². The fourth-order valence-corrected chi connectivity index (χ4v) is 3.39. The molecule has 0 aliphatic carbocycles. The SMILES string of the molecule is Cc1ccc(CN(CCCO)Cc2sccc2C)cc1C. The molecule has 2 nitrogen and oxygen atoms in total. The minimum Gasteiger partial charge on any atom is -0.396 e. The van der Waals surface area contributed by atoms with Crippen LogP contribution in [0.4, 0.5) is 0 Å². The number of aliphatic hydroxyl groups excluding tert-OH is 1. The number of rotatable bonds is 7. The van der Waals surface area contributed by atoms with E-state index in [1.807, 2.05) is 11.3 Å². The highest BCUT2D eigenvalue weighted by Gasteiger charge is 2.10. The Bertz CT molecular complexity index is 576. The number of hydrogen-bond acceptors (Lipinski definition) is 3. The summed E-state index contributed by atoms with van der Waals surface area (Å²) < 4.78 is 0. The normalized spacial score (nSPS) is 11.3. The summed E-state index contributed by atoms with van der Waals surface area (Å²) >= 11 is 1.82. The van der Waals surface area contributed by atoms with Gasteiger partial charge in [-0.25, -0.2) is 0 Å². The fraction of sp³-hybridized carbons (Fsp3) is 0.444. The molecular formula is C18H25NOS. The molecule has 21 heavy (non-hydrogen) atoms. The predicted molar refractivity (Wildman–Crippen MR) is 90.8 cm³/mol. The van der Waals surface area contributed by atoms with Crippen LogP contribution in [0.15, 0.2) is 29.6 Å². The Morgan fingerprint density at radius 2 is 1.81 bits per heavy atom. The van der Waals surface area contributed by atoms with Gasteiger partial charge in [-0.15, -0.1) is 11.3 Å². The Morgan fingerprint density at radius 1 is 1.00 bits per heavy atom. The zero-order valence-corrected chi connectivity index (χ0v) is 14.0. The first kappa shape index (κ1) is 16.2. The summed E-state index contributed by atoms with van der Waals surface area (Å²) in [6.45, 7) is 9.59. The van der Waals surface area contributed by atoms with Gasteiger partial charge in [0.1, 0.15) is 0 Å². The second-order valence-electron chi connectivity index (χ2n) is 5.73. The molecule has 3 heteroatoms. The number of aliphatic hydroxyl groups is 1. The summed E-state index contributed by atoms with van der Waals surface area (Å²) in [7, 11) is 0. The molecule has 0 atom stereocenters. The number of aryl methyl sites for hydroxylation is 3. The van der Waals surface area contributed by atoms with Gasteiger partial charge in [0, 0.05) is 31.1 Å². The molecule has 0 fully saturated rings. The smallest absolute Gasteiger partial charge is 0.0443 e. The molecule has 1 heterocycles. The van der Waals surface area contributed by atoms with Gasteiger partial charge in [0.25, 0.3) is 0 Å². The molecule has 0 amide bonds. The van der Waals surface area contributed by atoms with Crippen LogP contribution < -0.4 is 0 Å². The quantitative estimate of drug-likeness (QED) is 0.834. The van der Waals surface area contributed by atoms with Crippen molar-refractivity contribution in [2.75, 3.05) is 13.2 Å². The van der Waals surface area contributed by atoms with Gasteiger partial charge in [0.2, 0.25) is 0 Å². The van der Waals surface area contributed by atoms with Crippen molar-refractivity contribution in [3.63, 3.8) is 0 Å². The van der Waals surface area contributed by atoms with E-state index in [1.54, 1.807) is 0 Å². The van der Waals surface area contributed by atoms with Crippen LogP contribution in [0.25, 0.3) is 0 Å². The molecule has 1 aromatic heterocycles. The van der Waals surface area contributed by atoms with E-state index in [2.05, 4.69) is 55.3 Å². The molecule has 1 N–H and O–H groups in total. The van der Waals surface area contributed by atoms with E-state index in [4.69, 9.17) is 5.11 Å². The van der Waals surface area contributed by atoms with Gasteiger partial charge in [-0.3, -0.25) is 4.90 Å². The summed E-state index contributed by atoms with van der Waals surface area (Å²) in [6, 6.07) is 8.88. The van der Waals surface area contributed by atoms with Crippen LogP contribution in [0.3, 0.4) is 0 Å². The summed E-state index contributed by atoms with van der Waals surface area (Å²) in [5.41, 5.74) is 5.41. The Morgan fingerprint density at radius 3 is 2.43 bits per heavy atom. The van der Waals surface area contributed by atoms with E-state index in [0.29, 0.717) is 0 Å². The van der Waals surface area contributed by atoms with E-state index >= 15 is 0 Å².